The van der Waals surface area contributed by atoms with E-state index in [0.29, 0.717) is 16.0 Å². The number of hydrogen-bond donors (Lipinski definition) is 2. The summed E-state index contributed by atoms with van der Waals surface area (Å²) in [5, 5.41) is 27.7. The first-order valence-electron chi connectivity index (χ1n) is 4.92. The van der Waals surface area contributed by atoms with Gasteiger partial charge in [-0.1, -0.05) is 23.1 Å². The predicted molar refractivity (Wildman–Crippen MR) is 67.6 cm³/mol. The van der Waals surface area contributed by atoms with Gasteiger partial charge in [-0.05, 0) is 12.1 Å². The average Bonchev–Trinajstić information content (AvgIpc) is 2.83. The zero-order chi connectivity index (χ0) is 12.8. The van der Waals surface area contributed by atoms with E-state index in [0.717, 1.165) is 17.5 Å². The van der Waals surface area contributed by atoms with Gasteiger partial charge >= 0.3 is 5.97 Å². The molecule has 9 heteroatoms. The Morgan fingerprint density at radius 2 is 2.33 bits per heavy atom. The highest BCUT2D eigenvalue weighted by atomic mass is 32.2. The number of aromatic nitrogens is 4. The van der Waals surface area contributed by atoms with Crippen molar-refractivity contribution in [3.8, 4) is 0 Å². The molecule has 0 aliphatic rings. The van der Waals surface area contributed by atoms with Crippen molar-refractivity contribution >= 4 is 34.2 Å². The van der Waals surface area contributed by atoms with Gasteiger partial charge in [-0.25, -0.2) is 0 Å². The highest BCUT2D eigenvalue weighted by molar-refractivity contribution is 8.01. The Balaban J connectivity index is 1.85. The topological polar surface area (TPSA) is 101 Å². The van der Waals surface area contributed by atoms with Crippen LogP contribution in [0.15, 0.2) is 22.7 Å². The normalized spacial score (nSPS) is 10.2. The maximum atomic E-state index is 10.4. The predicted octanol–water partition coefficient (Wildman–Crippen LogP) is 1.12. The van der Waals surface area contributed by atoms with Gasteiger partial charge in [-0.15, -0.1) is 10.2 Å². The third-order valence-corrected chi connectivity index (χ3v) is 3.77. The highest BCUT2D eigenvalue weighted by Crippen LogP contribution is 2.25. The number of rotatable bonds is 6. The van der Waals surface area contributed by atoms with E-state index in [4.69, 9.17) is 5.11 Å². The largest absolute Gasteiger partial charge is 0.481 e. The van der Waals surface area contributed by atoms with Gasteiger partial charge < -0.3 is 10.4 Å². The van der Waals surface area contributed by atoms with Crippen LogP contribution in [0.1, 0.15) is 5.69 Å². The molecular formula is C9H9N5O2S2. The first-order chi connectivity index (χ1) is 8.74. The van der Waals surface area contributed by atoms with Crippen molar-refractivity contribution in [2.75, 3.05) is 11.1 Å². The van der Waals surface area contributed by atoms with Crippen molar-refractivity contribution in [1.29, 1.82) is 0 Å². The number of hydrogen-bond acceptors (Lipinski definition) is 8. The first kappa shape index (κ1) is 12.7. The smallest absolute Gasteiger partial charge is 0.313 e. The van der Waals surface area contributed by atoms with Gasteiger partial charge in [0.25, 0.3) is 0 Å². The average molecular weight is 283 g/mol. The van der Waals surface area contributed by atoms with Crippen LogP contribution < -0.4 is 5.32 Å². The molecule has 2 aromatic rings. The van der Waals surface area contributed by atoms with Crippen LogP contribution in [-0.4, -0.2) is 37.2 Å². The molecule has 0 amide bonds. The van der Waals surface area contributed by atoms with E-state index < -0.39 is 5.97 Å². The van der Waals surface area contributed by atoms with E-state index >= 15 is 0 Å². The summed E-state index contributed by atoms with van der Waals surface area (Å²) in [7, 11) is 0. The number of carboxylic acids is 1. The highest BCUT2D eigenvalue weighted by Gasteiger charge is 2.06. The molecule has 2 rings (SSSR count). The van der Waals surface area contributed by atoms with Gasteiger partial charge in [0.1, 0.15) is 0 Å². The van der Waals surface area contributed by atoms with Crippen LogP contribution in [-0.2, 0) is 11.3 Å². The molecule has 0 atom stereocenters. The van der Waals surface area contributed by atoms with Crippen molar-refractivity contribution in [3.63, 3.8) is 0 Å². The van der Waals surface area contributed by atoms with Crippen LogP contribution in [0.2, 0.25) is 0 Å². The van der Waals surface area contributed by atoms with Crippen LogP contribution in [0.4, 0.5) is 5.13 Å². The zero-order valence-corrected chi connectivity index (χ0v) is 10.7. The summed E-state index contributed by atoms with van der Waals surface area (Å²) in [6.45, 7) is 0.506. The number of carbonyl (C=O) groups is 1. The molecule has 0 radical (unpaired) electrons. The van der Waals surface area contributed by atoms with E-state index in [1.54, 1.807) is 12.3 Å². The lowest BCUT2D eigenvalue weighted by Gasteiger charge is -1.98. The maximum absolute atomic E-state index is 10.4. The summed E-state index contributed by atoms with van der Waals surface area (Å²) < 4.78 is 0.624. The summed E-state index contributed by atoms with van der Waals surface area (Å²) in [6, 6.07) is 3.65. The molecule has 0 saturated carbocycles. The minimum Gasteiger partial charge on any atom is -0.481 e. The number of aliphatic carboxylic acids is 1. The van der Waals surface area contributed by atoms with E-state index in [9.17, 15) is 4.79 Å². The van der Waals surface area contributed by atoms with Crippen molar-refractivity contribution in [1.82, 2.24) is 20.4 Å². The molecule has 0 aliphatic heterocycles. The molecule has 0 fully saturated rings. The number of nitrogens with zero attached hydrogens (tertiary/aromatic N) is 4. The van der Waals surface area contributed by atoms with Crippen LogP contribution in [0.5, 0.6) is 0 Å². The maximum Gasteiger partial charge on any atom is 0.313 e. The Hall–Kier alpha value is -1.74. The first-order valence-corrected chi connectivity index (χ1v) is 6.73. The molecule has 0 saturated heterocycles. The summed E-state index contributed by atoms with van der Waals surface area (Å²) in [5.41, 5.74) is 0.799. The molecule has 2 heterocycles. The van der Waals surface area contributed by atoms with Crippen molar-refractivity contribution in [2.45, 2.75) is 10.9 Å². The molecule has 7 nitrogen and oxygen atoms in total. The lowest BCUT2D eigenvalue weighted by Crippen LogP contribution is -2.01. The third-order valence-electron chi connectivity index (χ3n) is 1.77. The quantitative estimate of drug-likeness (QED) is 0.760. The molecule has 18 heavy (non-hydrogen) atoms. The molecule has 0 unspecified atom stereocenters. The van der Waals surface area contributed by atoms with Gasteiger partial charge in [0.15, 0.2) is 4.34 Å². The summed E-state index contributed by atoms with van der Waals surface area (Å²) >= 11 is 2.46. The molecule has 2 aromatic heterocycles. The van der Waals surface area contributed by atoms with Crippen molar-refractivity contribution in [3.05, 3.63) is 24.0 Å². The Labute approximate surface area is 111 Å². The fourth-order valence-corrected chi connectivity index (χ4v) is 2.52. The van der Waals surface area contributed by atoms with Crippen LogP contribution >= 0.6 is 23.1 Å². The number of thioether (sulfide) groups is 1. The summed E-state index contributed by atoms with van der Waals surface area (Å²) in [6.07, 6.45) is 1.61. The summed E-state index contributed by atoms with van der Waals surface area (Å²) in [4.78, 5) is 10.4. The SMILES string of the molecule is O=C(O)CSc1nnc(NCc2cccnn2)s1. The van der Waals surface area contributed by atoms with E-state index in [1.165, 1.54) is 11.3 Å². The minimum absolute atomic E-state index is 0.0151. The molecule has 0 spiro atoms. The van der Waals surface area contributed by atoms with Crippen LogP contribution in [0.25, 0.3) is 0 Å². The lowest BCUT2D eigenvalue weighted by molar-refractivity contribution is -0.133. The monoisotopic (exact) mass is 283 g/mol. The fraction of sp³-hybridized carbons (Fsp3) is 0.222. The lowest BCUT2D eigenvalue weighted by atomic mass is 10.4. The van der Waals surface area contributed by atoms with E-state index in [1.807, 2.05) is 6.07 Å². The number of nitrogens with one attached hydrogen (secondary N) is 1. The van der Waals surface area contributed by atoms with Crippen molar-refractivity contribution < 1.29 is 9.90 Å². The van der Waals surface area contributed by atoms with Gasteiger partial charge in [0.2, 0.25) is 5.13 Å². The Kier molecular flexibility index (Phi) is 4.42. The Morgan fingerprint density at radius 1 is 1.44 bits per heavy atom. The van der Waals surface area contributed by atoms with Gasteiger partial charge in [0.05, 0.1) is 18.0 Å². The van der Waals surface area contributed by atoms with Gasteiger partial charge in [-0.3, -0.25) is 4.79 Å². The number of anilines is 1. The molecule has 0 bridgehead atoms. The number of carboxylic acid groups (broad SMARTS) is 1. The second kappa shape index (κ2) is 6.26. The Bertz CT molecular complexity index is 519. The van der Waals surface area contributed by atoms with Crippen LogP contribution in [0.3, 0.4) is 0 Å². The molecule has 0 aliphatic carbocycles. The zero-order valence-electron chi connectivity index (χ0n) is 9.11. The minimum atomic E-state index is -0.871. The van der Waals surface area contributed by atoms with Gasteiger partial charge in [-0.2, -0.15) is 10.2 Å². The second-order valence-electron chi connectivity index (χ2n) is 3.12. The standard InChI is InChI=1S/C9H9N5O2S2/c15-7(16)5-17-9-14-13-8(18-9)10-4-6-2-1-3-11-12-6/h1-3H,4-5H2,(H,10,13)(H,15,16). The van der Waals surface area contributed by atoms with E-state index in [-0.39, 0.29) is 5.75 Å². The molecular weight excluding hydrogens is 274 g/mol. The van der Waals surface area contributed by atoms with Gasteiger partial charge in [0, 0.05) is 6.20 Å². The summed E-state index contributed by atoms with van der Waals surface area (Å²) in [5.74, 6) is -0.886. The molecule has 0 aromatic carbocycles. The van der Waals surface area contributed by atoms with E-state index in [2.05, 4.69) is 25.7 Å². The van der Waals surface area contributed by atoms with Crippen LogP contribution in [0, 0.1) is 0 Å². The molecule has 94 valence electrons. The van der Waals surface area contributed by atoms with Crippen molar-refractivity contribution in [2.24, 2.45) is 0 Å². The second-order valence-corrected chi connectivity index (χ2v) is 5.32. The molecule has 2 N–H and O–H groups in total. The third kappa shape index (κ3) is 3.93. The Morgan fingerprint density at radius 3 is 3.06 bits per heavy atom. The fourth-order valence-electron chi connectivity index (χ4n) is 1.06.